The molecule has 0 bridgehead atoms. The van der Waals surface area contributed by atoms with Crippen molar-refractivity contribution in [2.75, 3.05) is 0 Å². The normalized spacial score (nSPS) is 13.9. The van der Waals surface area contributed by atoms with Gasteiger partial charge in [-0.25, -0.2) is 4.98 Å². The Bertz CT molecular complexity index is 961. The van der Waals surface area contributed by atoms with E-state index in [2.05, 4.69) is 98.4 Å². The Kier molecular flexibility index (Phi) is 13.0. The van der Waals surface area contributed by atoms with Gasteiger partial charge in [0.2, 0.25) is 0 Å². The van der Waals surface area contributed by atoms with Crippen molar-refractivity contribution in [3.8, 4) is 0 Å². The first-order valence-corrected chi connectivity index (χ1v) is 15.3. The Hall–Kier alpha value is -2.35. The third-order valence-corrected chi connectivity index (χ3v) is 8.27. The smallest absolute Gasteiger partial charge is 0.112 e. The van der Waals surface area contributed by atoms with E-state index in [1.54, 1.807) is 0 Å². The maximum absolute atomic E-state index is 5.07. The lowest BCUT2D eigenvalue weighted by Crippen LogP contribution is -2.35. The lowest BCUT2D eigenvalue weighted by Gasteiger charge is -2.39. The number of aromatic nitrogens is 2. The predicted octanol–water partition coefficient (Wildman–Crippen LogP) is 10.3. The molecule has 0 radical (unpaired) electrons. The molecule has 2 unspecified atom stereocenters. The van der Waals surface area contributed by atoms with Gasteiger partial charge >= 0.3 is 0 Å². The minimum atomic E-state index is -0.0176. The summed E-state index contributed by atoms with van der Waals surface area (Å²) in [6.45, 7) is 8.18. The van der Waals surface area contributed by atoms with Gasteiger partial charge in [-0.1, -0.05) is 152 Å². The fraction of sp³-hybridized carbons (Fsp3) is 0.571. The number of aryl methyl sites for hydroxylation is 1. The van der Waals surface area contributed by atoms with Gasteiger partial charge in [0, 0.05) is 30.3 Å². The molecular weight excluding hydrogens is 448 g/mol. The number of hydrogen-bond acceptors (Lipinski definition) is 1. The highest BCUT2D eigenvalue weighted by Crippen LogP contribution is 2.44. The summed E-state index contributed by atoms with van der Waals surface area (Å²) in [6.07, 6.45) is 22.5. The topological polar surface area (TPSA) is 17.8 Å². The zero-order chi connectivity index (χ0) is 26.2. The monoisotopic (exact) mass is 500 g/mol. The van der Waals surface area contributed by atoms with Crippen LogP contribution in [0.4, 0.5) is 0 Å². The summed E-state index contributed by atoms with van der Waals surface area (Å²) in [5.74, 6) is 1.68. The molecule has 0 saturated heterocycles. The second-order valence-electron chi connectivity index (χ2n) is 11.3. The van der Waals surface area contributed by atoms with Crippen LogP contribution in [0.1, 0.15) is 127 Å². The molecule has 1 aromatic heterocycles. The Morgan fingerprint density at radius 1 is 0.703 bits per heavy atom. The van der Waals surface area contributed by atoms with Crippen molar-refractivity contribution in [1.82, 2.24) is 9.55 Å². The van der Waals surface area contributed by atoms with E-state index in [4.69, 9.17) is 4.98 Å². The SMILES string of the molecule is CCCCCCCCC(c1nccn1CCCCCCCC)C(C)(Cc1ccccc1)c1ccccc1. The molecule has 0 aliphatic rings. The van der Waals surface area contributed by atoms with Crippen LogP contribution >= 0.6 is 0 Å². The maximum atomic E-state index is 5.07. The summed E-state index contributed by atoms with van der Waals surface area (Å²) in [4.78, 5) is 5.07. The molecule has 2 nitrogen and oxygen atoms in total. The Balaban J connectivity index is 1.86. The van der Waals surface area contributed by atoms with Crippen LogP contribution in [0.15, 0.2) is 73.1 Å². The van der Waals surface area contributed by atoms with Crippen molar-refractivity contribution in [1.29, 1.82) is 0 Å². The summed E-state index contributed by atoms with van der Waals surface area (Å²) in [5.41, 5.74) is 2.83. The molecule has 2 aromatic carbocycles. The minimum Gasteiger partial charge on any atom is -0.335 e. The van der Waals surface area contributed by atoms with E-state index in [0.29, 0.717) is 5.92 Å². The number of rotatable bonds is 19. The average Bonchev–Trinajstić information content (AvgIpc) is 3.39. The number of unbranched alkanes of at least 4 members (excludes halogenated alkanes) is 10. The van der Waals surface area contributed by atoms with Gasteiger partial charge in [-0.05, 0) is 30.4 Å². The molecule has 0 aliphatic carbocycles. The van der Waals surface area contributed by atoms with Crippen molar-refractivity contribution < 1.29 is 0 Å². The largest absolute Gasteiger partial charge is 0.335 e. The third kappa shape index (κ3) is 9.16. The fourth-order valence-corrected chi connectivity index (χ4v) is 6.01. The van der Waals surface area contributed by atoms with E-state index in [1.165, 1.54) is 100 Å². The van der Waals surface area contributed by atoms with Gasteiger partial charge in [0.25, 0.3) is 0 Å². The van der Waals surface area contributed by atoms with Crippen LogP contribution in [0.25, 0.3) is 0 Å². The molecule has 0 fully saturated rings. The molecule has 0 aliphatic heterocycles. The molecule has 2 heteroatoms. The van der Waals surface area contributed by atoms with Gasteiger partial charge in [0.05, 0.1) is 0 Å². The van der Waals surface area contributed by atoms with Crippen LogP contribution in [0.5, 0.6) is 0 Å². The van der Waals surface area contributed by atoms with E-state index < -0.39 is 0 Å². The molecule has 0 saturated carbocycles. The van der Waals surface area contributed by atoms with Crippen LogP contribution in [-0.2, 0) is 18.4 Å². The van der Waals surface area contributed by atoms with Crippen molar-refractivity contribution in [2.45, 2.75) is 129 Å². The number of hydrogen-bond donors (Lipinski definition) is 0. The van der Waals surface area contributed by atoms with E-state index in [9.17, 15) is 0 Å². The molecule has 37 heavy (non-hydrogen) atoms. The van der Waals surface area contributed by atoms with Gasteiger partial charge in [-0.3, -0.25) is 0 Å². The van der Waals surface area contributed by atoms with Crippen molar-refractivity contribution in [3.05, 3.63) is 90.0 Å². The molecule has 3 aromatic rings. The Labute approximate surface area is 227 Å². The van der Waals surface area contributed by atoms with Crippen molar-refractivity contribution >= 4 is 0 Å². The molecular formula is C35H52N2. The van der Waals surface area contributed by atoms with Crippen LogP contribution in [0.3, 0.4) is 0 Å². The van der Waals surface area contributed by atoms with Gasteiger partial charge in [0.1, 0.15) is 5.82 Å². The quantitative estimate of drug-likeness (QED) is 0.150. The molecule has 0 spiro atoms. The van der Waals surface area contributed by atoms with Gasteiger partial charge in [0.15, 0.2) is 0 Å². The second kappa shape index (κ2) is 16.5. The van der Waals surface area contributed by atoms with Crippen LogP contribution < -0.4 is 0 Å². The highest BCUT2D eigenvalue weighted by molar-refractivity contribution is 5.33. The van der Waals surface area contributed by atoms with Gasteiger partial charge in [-0.15, -0.1) is 0 Å². The summed E-state index contributed by atoms with van der Waals surface area (Å²) in [7, 11) is 0. The third-order valence-electron chi connectivity index (χ3n) is 8.27. The maximum Gasteiger partial charge on any atom is 0.112 e. The molecule has 2 atom stereocenters. The lowest BCUT2D eigenvalue weighted by atomic mass is 9.66. The molecule has 202 valence electrons. The van der Waals surface area contributed by atoms with Crippen LogP contribution in [0.2, 0.25) is 0 Å². The number of benzene rings is 2. The van der Waals surface area contributed by atoms with E-state index in [1.807, 2.05) is 0 Å². The average molecular weight is 501 g/mol. The van der Waals surface area contributed by atoms with E-state index in [0.717, 1.165) is 13.0 Å². The zero-order valence-corrected chi connectivity index (χ0v) is 24.0. The molecule has 3 rings (SSSR count). The lowest BCUT2D eigenvalue weighted by molar-refractivity contribution is 0.321. The van der Waals surface area contributed by atoms with E-state index >= 15 is 0 Å². The minimum absolute atomic E-state index is 0.0176. The first kappa shape index (κ1) is 29.2. The molecule has 0 amide bonds. The highest BCUT2D eigenvalue weighted by Gasteiger charge is 2.39. The summed E-state index contributed by atoms with van der Waals surface area (Å²) in [6, 6.07) is 22.4. The van der Waals surface area contributed by atoms with E-state index in [-0.39, 0.29) is 5.41 Å². The summed E-state index contributed by atoms with van der Waals surface area (Å²) < 4.78 is 2.49. The Morgan fingerprint density at radius 3 is 1.92 bits per heavy atom. The predicted molar refractivity (Wildman–Crippen MR) is 160 cm³/mol. The number of nitrogens with zero attached hydrogens (tertiary/aromatic N) is 2. The van der Waals surface area contributed by atoms with Crippen molar-refractivity contribution in [2.24, 2.45) is 0 Å². The Morgan fingerprint density at radius 2 is 1.27 bits per heavy atom. The highest BCUT2D eigenvalue weighted by atomic mass is 15.1. The van der Waals surface area contributed by atoms with Crippen LogP contribution in [0, 0.1) is 0 Å². The summed E-state index contributed by atoms with van der Waals surface area (Å²) in [5, 5.41) is 0. The summed E-state index contributed by atoms with van der Waals surface area (Å²) >= 11 is 0. The second-order valence-corrected chi connectivity index (χ2v) is 11.3. The van der Waals surface area contributed by atoms with Gasteiger partial charge in [-0.2, -0.15) is 0 Å². The first-order chi connectivity index (χ1) is 18.2. The molecule has 0 N–H and O–H groups in total. The van der Waals surface area contributed by atoms with Gasteiger partial charge < -0.3 is 4.57 Å². The van der Waals surface area contributed by atoms with Crippen molar-refractivity contribution in [3.63, 3.8) is 0 Å². The fourth-order valence-electron chi connectivity index (χ4n) is 6.01. The zero-order valence-electron chi connectivity index (χ0n) is 24.0. The van der Waals surface area contributed by atoms with Crippen LogP contribution in [-0.4, -0.2) is 9.55 Å². The number of imidazole rings is 1. The standard InChI is InChI=1S/C35H52N2/c1-4-6-8-10-12-20-26-33(34-36-27-29-37(34)28-21-13-11-9-7-5-2)35(3,32-24-18-15-19-25-32)30-31-22-16-14-17-23-31/h14-19,22-25,27,29,33H,4-13,20-21,26,28,30H2,1-3H3. The first-order valence-electron chi connectivity index (χ1n) is 15.3. The molecule has 1 heterocycles.